The number of halogens is 1. The molecule has 25 heavy (non-hydrogen) atoms. The molecule has 2 rings (SSSR count). The molecule has 2 aromatic carbocycles. The van der Waals surface area contributed by atoms with Crippen LogP contribution in [0.1, 0.15) is 5.56 Å². The Morgan fingerprint density at radius 2 is 1.76 bits per heavy atom. The molecule has 0 aliphatic carbocycles. The average Bonchev–Trinajstić information content (AvgIpc) is 2.58. The lowest BCUT2D eigenvalue weighted by atomic mass is 10.1. The quantitative estimate of drug-likeness (QED) is 0.713. The van der Waals surface area contributed by atoms with Crippen molar-refractivity contribution in [2.24, 2.45) is 0 Å². The van der Waals surface area contributed by atoms with Gasteiger partial charge in [0.1, 0.15) is 17.6 Å². The molecule has 0 aliphatic heterocycles. The Morgan fingerprint density at radius 3 is 2.36 bits per heavy atom. The van der Waals surface area contributed by atoms with Crippen molar-refractivity contribution in [3.63, 3.8) is 0 Å². The third-order valence-electron chi connectivity index (χ3n) is 3.56. The summed E-state index contributed by atoms with van der Waals surface area (Å²) in [6.45, 7) is 0.442. The molecule has 5 nitrogen and oxygen atoms in total. The van der Waals surface area contributed by atoms with Crippen molar-refractivity contribution in [2.75, 3.05) is 19.4 Å². The fourth-order valence-corrected chi connectivity index (χ4v) is 3.35. The SMILES string of the molecule is CS(=O)(=O)[C@H](Cc1ccccc1)C(=O)NCCOc1ccc(Cl)cc1. The second kappa shape index (κ2) is 8.87. The van der Waals surface area contributed by atoms with Crippen molar-refractivity contribution in [3.8, 4) is 5.75 Å². The summed E-state index contributed by atoms with van der Waals surface area (Å²) in [5.74, 6) is 0.105. The highest BCUT2D eigenvalue weighted by molar-refractivity contribution is 7.92. The smallest absolute Gasteiger partial charge is 0.238 e. The van der Waals surface area contributed by atoms with Gasteiger partial charge in [0.15, 0.2) is 9.84 Å². The molecule has 0 saturated heterocycles. The Bertz CT molecular complexity index is 792. The molecule has 1 amide bonds. The van der Waals surface area contributed by atoms with E-state index >= 15 is 0 Å². The molecule has 1 atom stereocenters. The van der Waals surface area contributed by atoms with Gasteiger partial charge in [0.05, 0.1) is 6.54 Å². The van der Waals surface area contributed by atoms with Crippen molar-refractivity contribution in [2.45, 2.75) is 11.7 Å². The van der Waals surface area contributed by atoms with Crippen LogP contribution >= 0.6 is 11.6 Å². The summed E-state index contributed by atoms with van der Waals surface area (Å²) >= 11 is 5.79. The summed E-state index contributed by atoms with van der Waals surface area (Å²) in [6.07, 6.45) is 1.22. The Labute approximate surface area is 152 Å². The van der Waals surface area contributed by atoms with Gasteiger partial charge in [-0.2, -0.15) is 0 Å². The number of ether oxygens (including phenoxy) is 1. The number of rotatable bonds is 8. The first-order valence-electron chi connectivity index (χ1n) is 7.75. The first-order valence-corrected chi connectivity index (χ1v) is 10.1. The molecule has 0 spiro atoms. The van der Waals surface area contributed by atoms with Crippen molar-refractivity contribution in [1.82, 2.24) is 5.32 Å². The molecule has 0 unspecified atom stereocenters. The minimum absolute atomic E-state index is 0.142. The minimum atomic E-state index is -3.52. The molecule has 0 aromatic heterocycles. The zero-order valence-electron chi connectivity index (χ0n) is 13.8. The van der Waals surface area contributed by atoms with Crippen LogP contribution in [0.4, 0.5) is 0 Å². The number of nitrogens with one attached hydrogen (secondary N) is 1. The number of benzene rings is 2. The van der Waals surface area contributed by atoms with Crippen LogP contribution in [0, 0.1) is 0 Å². The van der Waals surface area contributed by atoms with Crippen molar-refractivity contribution in [3.05, 3.63) is 65.2 Å². The van der Waals surface area contributed by atoms with Gasteiger partial charge in [0.25, 0.3) is 0 Å². The van der Waals surface area contributed by atoms with E-state index in [9.17, 15) is 13.2 Å². The van der Waals surface area contributed by atoms with Gasteiger partial charge in [-0.05, 0) is 36.2 Å². The number of amides is 1. The van der Waals surface area contributed by atoms with Gasteiger partial charge in [-0.15, -0.1) is 0 Å². The van der Waals surface area contributed by atoms with E-state index in [-0.39, 0.29) is 19.6 Å². The maximum absolute atomic E-state index is 12.3. The van der Waals surface area contributed by atoms with Gasteiger partial charge in [0, 0.05) is 11.3 Å². The maximum Gasteiger partial charge on any atom is 0.238 e. The van der Waals surface area contributed by atoms with E-state index in [1.807, 2.05) is 18.2 Å². The van der Waals surface area contributed by atoms with Gasteiger partial charge in [0.2, 0.25) is 5.91 Å². The van der Waals surface area contributed by atoms with Crippen LogP contribution in [0.5, 0.6) is 5.75 Å². The molecule has 1 N–H and O–H groups in total. The van der Waals surface area contributed by atoms with E-state index in [0.717, 1.165) is 11.8 Å². The van der Waals surface area contributed by atoms with Crippen molar-refractivity contribution >= 4 is 27.3 Å². The van der Waals surface area contributed by atoms with Crippen molar-refractivity contribution in [1.29, 1.82) is 0 Å². The molecule has 0 fully saturated rings. The minimum Gasteiger partial charge on any atom is -0.492 e. The van der Waals surface area contributed by atoms with Crippen LogP contribution in [0.3, 0.4) is 0 Å². The van der Waals surface area contributed by atoms with E-state index in [2.05, 4.69) is 5.32 Å². The maximum atomic E-state index is 12.3. The Morgan fingerprint density at radius 1 is 1.12 bits per heavy atom. The summed E-state index contributed by atoms with van der Waals surface area (Å²) in [5, 5.41) is 2.11. The zero-order chi connectivity index (χ0) is 18.3. The predicted octanol–water partition coefficient (Wildman–Crippen LogP) is 2.49. The molecule has 0 bridgehead atoms. The third-order valence-corrected chi connectivity index (χ3v) is 5.22. The molecule has 0 heterocycles. The monoisotopic (exact) mass is 381 g/mol. The lowest BCUT2D eigenvalue weighted by Crippen LogP contribution is -2.42. The fourth-order valence-electron chi connectivity index (χ4n) is 2.25. The second-order valence-electron chi connectivity index (χ2n) is 5.60. The molecule has 134 valence electrons. The summed E-state index contributed by atoms with van der Waals surface area (Å²) in [4.78, 5) is 12.3. The van der Waals surface area contributed by atoms with Crippen LogP contribution < -0.4 is 10.1 Å². The van der Waals surface area contributed by atoms with Crippen LogP contribution in [-0.4, -0.2) is 39.0 Å². The van der Waals surface area contributed by atoms with E-state index in [1.165, 1.54) is 0 Å². The van der Waals surface area contributed by atoms with E-state index in [4.69, 9.17) is 16.3 Å². The molecular weight excluding hydrogens is 362 g/mol. The van der Waals surface area contributed by atoms with Gasteiger partial charge in [-0.1, -0.05) is 41.9 Å². The standard InChI is InChI=1S/C18H20ClNO4S/c1-25(22,23)17(13-14-5-3-2-4-6-14)18(21)20-11-12-24-16-9-7-15(19)8-10-16/h2-10,17H,11-13H2,1H3,(H,20,21)/t17-/m1/s1. The number of hydrogen-bond acceptors (Lipinski definition) is 4. The van der Waals surface area contributed by atoms with Crippen LogP contribution in [0.25, 0.3) is 0 Å². The lowest BCUT2D eigenvalue weighted by molar-refractivity contribution is -0.120. The van der Waals surface area contributed by atoms with E-state index in [1.54, 1.807) is 36.4 Å². The highest BCUT2D eigenvalue weighted by Gasteiger charge is 2.28. The summed E-state index contributed by atoms with van der Waals surface area (Å²) in [7, 11) is -3.52. The molecule has 0 saturated carbocycles. The Balaban J connectivity index is 1.88. The first-order chi connectivity index (χ1) is 11.9. The van der Waals surface area contributed by atoms with Gasteiger partial charge in [-0.3, -0.25) is 4.79 Å². The number of carbonyl (C=O) groups excluding carboxylic acids is 1. The predicted molar refractivity (Wildman–Crippen MR) is 98.7 cm³/mol. The average molecular weight is 382 g/mol. The normalized spacial score (nSPS) is 12.4. The summed E-state index contributed by atoms with van der Waals surface area (Å²) < 4.78 is 29.4. The highest BCUT2D eigenvalue weighted by atomic mass is 35.5. The van der Waals surface area contributed by atoms with Crippen LogP contribution in [0.2, 0.25) is 5.02 Å². The molecule has 7 heteroatoms. The largest absolute Gasteiger partial charge is 0.492 e. The molecule has 0 aliphatic rings. The summed E-state index contributed by atoms with van der Waals surface area (Å²) in [6, 6.07) is 15.9. The molecular formula is C18H20ClNO4S. The number of carbonyl (C=O) groups is 1. The molecule has 2 aromatic rings. The third kappa shape index (κ3) is 6.40. The summed E-state index contributed by atoms with van der Waals surface area (Å²) in [5.41, 5.74) is 0.797. The van der Waals surface area contributed by atoms with Crippen LogP contribution in [0.15, 0.2) is 54.6 Å². The van der Waals surface area contributed by atoms with E-state index in [0.29, 0.717) is 10.8 Å². The van der Waals surface area contributed by atoms with Gasteiger partial charge < -0.3 is 10.1 Å². The van der Waals surface area contributed by atoms with E-state index < -0.39 is 21.0 Å². The first kappa shape index (κ1) is 19.3. The van der Waals surface area contributed by atoms with Gasteiger partial charge in [-0.25, -0.2) is 8.42 Å². The number of hydrogen-bond donors (Lipinski definition) is 1. The Hall–Kier alpha value is -2.05. The lowest BCUT2D eigenvalue weighted by Gasteiger charge is -2.15. The topological polar surface area (TPSA) is 72.5 Å². The molecule has 0 radical (unpaired) electrons. The zero-order valence-corrected chi connectivity index (χ0v) is 15.4. The fraction of sp³-hybridized carbons (Fsp3) is 0.278. The second-order valence-corrected chi connectivity index (χ2v) is 8.27. The van der Waals surface area contributed by atoms with Gasteiger partial charge >= 0.3 is 0 Å². The van der Waals surface area contributed by atoms with Crippen molar-refractivity contribution < 1.29 is 17.9 Å². The number of sulfone groups is 1. The van der Waals surface area contributed by atoms with Crippen LogP contribution in [-0.2, 0) is 21.1 Å². The highest BCUT2D eigenvalue weighted by Crippen LogP contribution is 2.15. The Kier molecular flexibility index (Phi) is 6.84.